The molecule has 3 rings (SSSR count). The van der Waals surface area contributed by atoms with Crippen molar-refractivity contribution >= 4 is 11.6 Å². The van der Waals surface area contributed by atoms with E-state index in [0.717, 1.165) is 44.5 Å². The predicted octanol–water partition coefficient (Wildman–Crippen LogP) is 2.50. The molecule has 114 valence electrons. The Kier molecular flexibility index (Phi) is 4.56. The molecule has 2 heterocycles. The van der Waals surface area contributed by atoms with Crippen molar-refractivity contribution in [1.29, 1.82) is 0 Å². The molecule has 0 bridgehead atoms. The topological polar surface area (TPSA) is 41.6 Å². The fourth-order valence-electron chi connectivity index (χ4n) is 3.44. The summed E-state index contributed by atoms with van der Waals surface area (Å²) in [4.78, 5) is 14.9. The molecule has 0 saturated carbocycles. The number of nitrogens with one attached hydrogen (secondary N) is 1. The molecule has 2 aliphatic rings. The molecule has 1 N–H and O–H groups in total. The van der Waals surface area contributed by atoms with Crippen LogP contribution in [0.25, 0.3) is 0 Å². The van der Waals surface area contributed by atoms with Gasteiger partial charge in [-0.2, -0.15) is 0 Å². The SMILES string of the molecule is CNC1CCCN(C(=O)C2CCCOC2)c2ccccc21. The van der Waals surface area contributed by atoms with E-state index in [1.54, 1.807) is 0 Å². The van der Waals surface area contributed by atoms with Gasteiger partial charge in [0.2, 0.25) is 5.91 Å². The number of ether oxygens (including phenoxy) is 1. The second kappa shape index (κ2) is 6.58. The van der Waals surface area contributed by atoms with E-state index < -0.39 is 0 Å². The van der Waals surface area contributed by atoms with Gasteiger partial charge >= 0.3 is 0 Å². The van der Waals surface area contributed by atoms with Gasteiger partial charge in [-0.15, -0.1) is 0 Å². The van der Waals surface area contributed by atoms with Crippen LogP contribution in [-0.2, 0) is 9.53 Å². The van der Waals surface area contributed by atoms with Crippen LogP contribution in [0.1, 0.15) is 37.3 Å². The van der Waals surface area contributed by atoms with Crippen LogP contribution in [-0.4, -0.2) is 32.7 Å². The summed E-state index contributed by atoms with van der Waals surface area (Å²) in [5.41, 5.74) is 2.31. The van der Waals surface area contributed by atoms with E-state index in [-0.39, 0.29) is 11.8 Å². The number of para-hydroxylation sites is 1. The molecular weight excluding hydrogens is 264 g/mol. The third kappa shape index (κ3) is 2.97. The van der Waals surface area contributed by atoms with Crippen LogP contribution >= 0.6 is 0 Å². The van der Waals surface area contributed by atoms with E-state index >= 15 is 0 Å². The zero-order valence-corrected chi connectivity index (χ0v) is 12.7. The lowest BCUT2D eigenvalue weighted by Crippen LogP contribution is -2.40. The van der Waals surface area contributed by atoms with Crippen molar-refractivity contribution in [2.75, 3.05) is 31.7 Å². The number of carbonyl (C=O) groups excluding carboxylic acids is 1. The minimum atomic E-state index is 0.0259. The van der Waals surface area contributed by atoms with Gasteiger partial charge in [0.15, 0.2) is 0 Å². The highest BCUT2D eigenvalue weighted by Crippen LogP contribution is 2.34. The van der Waals surface area contributed by atoms with E-state index in [0.29, 0.717) is 12.6 Å². The van der Waals surface area contributed by atoms with Crippen LogP contribution in [0.5, 0.6) is 0 Å². The molecule has 4 heteroatoms. The van der Waals surface area contributed by atoms with E-state index in [2.05, 4.69) is 23.5 Å². The molecular formula is C17H24N2O2. The summed E-state index contributed by atoms with van der Waals surface area (Å²) in [6.07, 6.45) is 4.04. The predicted molar refractivity (Wildman–Crippen MR) is 83.4 cm³/mol. The Morgan fingerprint density at radius 2 is 2.14 bits per heavy atom. The van der Waals surface area contributed by atoms with Crippen molar-refractivity contribution in [2.45, 2.75) is 31.7 Å². The maximum atomic E-state index is 12.9. The monoisotopic (exact) mass is 288 g/mol. The Labute approximate surface area is 126 Å². The van der Waals surface area contributed by atoms with Crippen molar-refractivity contribution in [3.63, 3.8) is 0 Å². The Hall–Kier alpha value is -1.39. The molecule has 4 nitrogen and oxygen atoms in total. The van der Waals surface area contributed by atoms with Gasteiger partial charge < -0.3 is 15.0 Å². The maximum absolute atomic E-state index is 12.9. The summed E-state index contributed by atoms with van der Waals surface area (Å²) in [5, 5.41) is 3.38. The van der Waals surface area contributed by atoms with Crippen molar-refractivity contribution in [3.05, 3.63) is 29.8 Å². The zero-order valence-electron chi connectivity index (χ0n) is 12.7. The molecule has 1 saturated heterocycles. The Morgan fingerprint density at radius 3 is 2.90 bits per heavy atom. The second-order valence-corrected chi connectivity index (χ2v) is 5.95. The lowest BCUT2D eigenvalue weighted by Gasteiger charge is -2.29. The quantitative estimate of drug-likeness (QED) is 0.909. The molecule has 0 radical (unpaired) electrons. The molecule has 0 aliphatic carbocycles. The van der Waals surface area contributed by atoms with Crippen LogP contribution in [0.4, 0.5) is 5.69 Å². The molecule has 0 spiro atoms. The molecule has 1 aromatic rings. The van der Waals surface area contributed by atoms with Crippen molar-refractivity contribution in [1.82, 2.24) is 5.32 Å². The number of anilines is 1. The number of fused-ring (bicyclic) bond motifs is 1. The number of rotatable bonds is 2. The number of amides is 1. The third-order valence-electron chi connectivity index (χ3n) is 4.60. The summed E-state index contributed by atoms with van der Waals surface area (Å²) in [6, 6.07) is 8.63. The molecule has 1 fully saturated rings. The molecule has 0 aromatic heterocycles. The van der Waals surface area contributed by atoms with Crippen molar-refractivity contribution in [3.8, 4) is 0 Å². The highest BCUT2D eigenvalue weighted by molar-refractivity contribution is 5.96. The number of hydrogen-bond donors (Lipinski definition) is 1. The smallest absolute Gasteiger partial charge is 0.232 e. The Bertz CT molecular complexity index is 497. The van der Waals surface area contributed by atoms with E-state index in [4.69, 9.17) is 4.74 Å². The maximum Gasteiger partial charge on any atom is 0.232 e. The lowest BCUT2D eigenvalue weighted by molar-refractivity contribution is -0.126. The van der Waals surface area contributed by atoms with Crippen molar-refractivity contribution < 1.29 is 9.53 Å². The first-order chi connectivity index (χ1) is 10.3. The first-order valence-corrected chi connectivity index (χ1v) is 7.96. The van der Waals surface area contributed by atoms with E-state index in [9.17, 15) is 4.79 Å². The van der Waals surface area contributed by atoms with E-state index in [1.165, 1.54) is 5.56 Å². The van der Waals surface area contributed by atoms with Crippen LogP contribution in [0.15, 0.2) is 24.3 Å². The normalized spacial score (nSPS) is 26.0. The van der Waals surface area contributed by atoms with Gasteiger partial charge in [-0.1, -0.05) is 18.2 Å². The highest BCUT2D eigenvalue weighted by atomic mass is 16.5. The average molecular weight is 288 g/mol. The Balaban J connectivity index is 1.89. The standard InChI is InChI=1S/C17H24N2O2/c1-18-15-8-4-10-19(16-9-3-2-7-14(15)16)17(20)13-6-5-11-21-12-13/h2-3,7,9,13,15,18H,4-6,8,10-12H2,1H3. The number of hydrogen-bond acceptors (Lipinski definition) is 3. The number of benzene rings is 1. The number of carbonyl (C=O) groups is 1. The third-order valence-corrected chi connectivity index (χ3v) is 4.60. The largest absolute Gasteiger partial charge is 0.381 e. The van der Waals surface area contributed by atoms with Crippen molar-refractivity contribution in [2.24, 2.45) is 5.92 Å². The molecule has 1 aromatic carbocycles. The first-order valence-electron chi connectivity index (χ1n) is 7.96. The fraction of sp³-hybridized carbons (Fsp3) is 0.588. The molecule has 1 amide bonds. The molecule has 2 aliphatic heterocycles. The van der Waals surface area contributed by atoms with Gasteiger partial charge in [-0.25, -0.2) is 0 Å². The Morgan fingerprint density at radius 1 is 1.29 bits per heavy atom. The number of nitrogens with zero attached hydrogens (tertiary/aromatic N) is 1. The highest BCUT2D eigenvalue weighted by Gasteiger charge is 2.31. The van der Waals surface area contributed by atoms with Gasteiger partial charge in [-0.3, -0.25) is 4.79 Å². The van der Waals surface area contributed by atoms with Gasteiger partial charge in [-0.05, 0) is 44.4 Å². The zero-order chi connectivity index (χ0) is 14.7. The summed E-state index contributed by atoms with van der Waals surface area (Å²) in [6.45, 7) is 2.18. The van der Waals surface area contributed by atoms with Gasteiger partial charge in [0.05, 0.1) is 12.5 Å². The first kappa shape index (κ1) is 14.5. The fourth-order valence-corrected chi connectivity index (χ4v) is 3.44. The van der Waals surface area contributed by atoms with Crippen LogP contribution < -0.4 is 10.2 Å². The summed E-state index contributed by atoms with van der Waals surface area (Å²) in [5.74, 6) is 0.261. The second-order valence-electron chi connectivity index (χ2n) is 5.95. The summed E-state index contributed by atoms with van der Waals surface area (Å²) < 4.78 is 5.50. The minimum Gasteiger partial charge on any atom is -0.381 e. The minimum absolute atomic E-state index is 0.0259. The van der Waals surface area contributed by atoms with Crippen LogP contribution in [0.3, 0.4) is 0 Å². The summed E-state index contributed by atoms with van der Waals surface area (Å²) in [7, 11) is 1.99. The molecule has 2 unspecified atom stereocenters. The molecule has 2 atom stereocenters. The summed E-state index contributed by atoms with van der Waals surface area (Å²) >= 11 is 0. The van der Waals surface area contributed by atoms with Gasteiger partial charge in [0, 0.05) is 24.9 Å². The molecule has 21 heavy (non-hydrogen) atoms. The van der Waals surface area contributed by atoms with Crippen LogP contribution in [0.2, 0.25) is 0 Å². The van der Waals surface area contributed by atoms with Gasteiger partial charge in [0.25, 0.3) is 0 Å². The lowest BCUT2D eigenvalue weighted by atomic mass is 9.99. The van der Waals surface area contributed by atoms with E-state index in [1.807, 2.05) is 18.0 Å². The average Bonchev–Trinajstić information content (AvgIpc) is 2.74. The van der Waals surface area contributed by atoms with Gasteiger partial charge in [0.1, 0.15) is 0 Å². The van der Waals surface area contributed by atoms with Crippen LogP contribution in [0, 0.1) is 5.92 Å².